The summed E-state index contributed by atoms with van der Waals surface area (Å²) in [7, 11) is 0. The van der Waals surface area contributed by atoms with E-state index in [0.717, 1.165) is 12.8 Å². The molecule has 0 aromatic heterocycles. The maximum absolute atomic E-state index is 11.9. The molecule has 1 fully saturated rings. The van der Waals surface area contributed by atoms with Crippen molar-refractivity contribution in [3.05, 3.63) is 0 Å². The molecule has 0 spiro atoms. The molecule has 0 aliphatic carbocycles. The van der Waals surface area contributed by atoms with Crippen LogP contribution in [0.2, 0.25) is 0 Å². The summed E-state index contributed by atoms with van der Waals surface area (Å²) in [6.07, 6.45) is 1.47. The highest BCUT2D eigenvalue weighted by molar-refractivity contribution is 8.02. The van der Waals surface area contributed by atoms with Gasteiger partial charge in [0, 0.05) is 12.3 Å². The van der Waals surface area contributed by atoms with Gasteiger partial charge in [0.05, 0.1) is 13.2 Å². The van der Waals surface area contributed by atoms with Crippen LogP contribution in [-0.2, 0) is 19.1 Å². The normalized spacial score (nSPS) is 17.8. The van der Waals surface area contributed by atoms with E-state index in [-0.39, 0.29) is 0 Å². The lowest BCUT2D eigenvalue weighted by molar-refractivity contribution is -0.160. The van der Waals surface area contributed by atoms with E-state index in [1.54, 1.807) is 0 Å². The van der Waals surface area contributed by atoms with Gasteiger partial charge in [-0.3, -0.25) is 5.32 Å². The van der Waals surface area contributed by atoms with E-state index in [9.17, 15) is 9.59 Å². The minimum Gasteiger partial charge on any atom is -0.463 e. The van der Waals surface area contributed by atoms with E-state index >= 15 is 0 Å². The molecule has 0 saturated carbocycles. The first-order valence-electron chi connectivity index (χ1n) is 5.90. The number of carbonyl (C=O) groups excluding carboxylic acids is 2. The lowest BCUT2D eigenvalue weighted by Gasteiger charge is -2.23. The average Bonchev–Trinajstić information content (AvgIpc) is 2.83. The molecule has 0 aromatic rings. The first kappa shape index (κ1) is 14.3. The number of hydrogen-bond donors (Lipinski definition) is 1. The van der Waals surface area contributed by atoms with Crippen LogP contribution in [-0.4, -0.2) is 42.3 Å². The van der Waals surface area contributed by atoms with Gasteiger partial charge in [0.25, 0.3) is 4.87 Å². The zero-order valence-electron chi connectivity index (χ0n) is 10.3. The third-order valence-electron chi connectivity index (χ3n) is 2.24. The quantitative estimate of drug-likeness (QED) is 0.567. The molecule has 0 aromatic carbocycles. The number of ether oxygens (including phenoxy) is 2. The molecule has 1 saturated heterocycles. The SMILES string of the molecule is CCCOC(=O)C1(C(=O)OCCC)NCCS1. The molecule has 5 nitrogen and oxygen atoms in total. The minimum atomic E-state index is -1.34. The summed E-state index contributed by atoms with van der Waals surface area (Å²) in [6.45, 7) is 5.07. The summed E-state index contributed by atoms with van der Waals surface area (Å²) >= 11 is 1.25. The van der Waals surface area contributed by atoms with Gasteiger partial charge in [-0.1, -0.05) is 13.8 Å². The molecule has 0 unspecified atom stereocenters. The van der Waals surface area contributed by atoms with Gasteiger partial charge in [0.15, 0.2) is 0 Å². The van der Waals surface area contributed by atoms with Crippen LogP contribution < -0.4 is 5.32 Å². The monoisotopic (exact) mass is 261 g/mol. The fourth-order valence-corrected chi connectivity index (χ4v) is 2.49. The van der Waals surface area contributed by atoms with E-state index in [1.807, 2.05) is 13.8 Å². The molecule has 1 heterocycles. The smallest absolute Gasteiger partial charge is 0.348 e. The van der Waals surface area contributed by atoms with Crippen molar-refractivity contribution in [1.82, 2.24) is 5.32 Å². The average molecular weight is 261 g/mol. The van der Waals surface area contributed by atoms with Crippen LogP contribution in [0, 0.1) is 0 Å². The molecule has 0 bridgehead atoms. The Hall–Kier alpha value is -0.750. The lowest BCUT2D eigenvalue weighted by atomic mass is 10.3. The molecular weight excluding hydrogens is 242 g/mol. The number of carbonyl (C=O) groups is 2. The Bertz CT molecular complexity index is 255. The molecule has 6 heteroatoms. The third-order valence-corrected chi connectivity index (χ3v) is 3.56. The fraction of sp³-hybridized carbons (Fsp3) is 0.818. The standard InChI is InChI=1S/C11H19NO4S/c1-3-6-15-9(13)11(12-5-8-17-11)10(14)16-7-4-2/h12H,3-8H2,1-2H3. The van der Waals surface area contributed by atoms with Crippen molar-refractivity contribution in [2.45, 2.75) is 31.6 Å². The highest BCUT2D eigenvalue weighted by atomic mass is 32.2. The van der Waals surface area contributed by atoms with Gasteiger partial charge in [-0.2, -0.15) is 0 Å². The fourth-order valence-electron chi connectivity index (χ4n) is 1.42. The molecule has 1 N–H and O–H groups in total. The number of nitrogens with one attached hydrogen (secondary N) is 1. The van der Waals surface area contributed by atoms with Crippen LogP contribution in [0.4, 0.5) is 0 Å². The van der Waals surface area contributed by atoms with E-state index in [1.165, 1.54) is 11.8 Å². The molecule has 1 aliphatic rings. The molecular formula is C11H19NO4S. The van der Waals surface area contributed by atoms with Gasteiger partial charge in [0.2, 0.25) is 0 Å². The number of thioether (sulfide) groups is 1. The Morgan fingerprint density at radius 2 is 1.71 bits per heavy atom. The Labute approximate surface area is 106 Å². The number of rotatable bonds is 6. The molecule has 0 radical (unpaired) electrons. The zero-order chi connectivity index (χ0) is 12.7. The first-order chi connectivity index (χ1) is 8.17. The van der Waals surface area contributed by atoms with Crippen LogP contribution in [0.5, 0.6) is 0 Å². The van der Waals surface area contributed by atoms with Gasteiger partial charge in [0.1, 0.15) is 0 Å². The van der Waals surface area contributed by atoms with Crippen molar-refractivity contribution in [1.29, 1.82) is 0 Å². The Morgan fingerprint density at radius 3 is 2.06 bits per heavy atom. The first-order valence-corrected chi connectivity index (χ1v) is 6.89. The van der Waals surface area contributed by atoms with Crippen molar-refractivity contribution in [3.63, 3.8) is 0 Å². The Balaban J connectivity index is 2.67. The lowest BCUT2D eigenvalue weighted by Crippen LogP contribution is -2.54. The van der Waals surface area contributed by atoms with Crippen LogP contribution >= 0.6 is 11.8 Å². The van der Waals surface area contributed by atoms with Gasteiger partial charge in [-0.05, 0) is 12.8 Å². The number of esters is 2. The van der Waals surface area contributed by atoms with Crippen LogP contribution in [0.25, 0.3) is 0 Å². The zero-order valence-corrected chi connectivity index (χ0v) is 11.1. The van der Waals surface area contributed by atoms with Crippen molar-refractivity contribution in [2.24, 2.45) is 0 Å². The second-order valence-electron chi connectivity index (χ2n) is 3.73. The predicted octanol–water partition coefficient (Wildman–Crippen LogP) is 0.925. The van der Waals surface area contributed by atoms with E-state index in [2.05, 4.69) is 5.32 Å². The Kier molecular flexibility index (Phi) is 5.77. The summed E-state index contributed by atoms with van der Waals surface area (Å²) in [5.41, 5.74) is 0. The summed E-state index contributed by atoms with van der Waals surface area (Å²) in [5, 5.41) is 2.90. The van der Waals surface area contributed by atoms with E-state index < -0.39 is 16.8 Å². The highest BCUT2D eigenvalue weighted by Gasteiger charge is 2.52. The predicted molar refractivity (Wildman–Crippen MR) is 65.7 cm³/mol. The molecule has 1 aliphatic heterocycles. The van der Waals surface area contributed by atoms with Crippen molar-refractivity contribution >= 4 is 23.7 Å². The van der Waals surface area contributed by atoms with Crippen LogP contribution in [0.1, 0.15) is 26.7 Å². The minimum absolute atomic E-state index is 0.323. The topological polar surface area (TPSA) is 64.6 Å². The molecule has 98 valence electrons. The third kappa shape index (κ3) is 3.35. The van der Waals surface area contributed by atoms with Crippen molar-refractivity contribution < 1.29 is 19.1 Å². The summed E-state index contributed by atoms with van der Waals surface area (Å²) < 4.78 is 10.1. The molecule has 17 heavy (non-hydrogen) atoms. The molecule has 1 rings (SSSR count). The van der Waals surface area contributed by atoms with Crippen LogP contribution in [0.15, 0.2) is 0 Å². The van der Waals surface area contributed by atoms with Gasteiger partial charge >= 0.3 is 11.9 Å². The molecule has 0 atom stereocenters. The van der Waals surface area contributed by atoms with Gasteiger partial charge in [-0.25, -0.2) is 9.59 Å². The number of hydrogen-bond acceptors (Lipinski definition) is 6. The second-order valence-corrected chi connectivity index (χ2v) is 5.04. The van der Waals surface area contributed by atoms with Gasteiger partial charge in [-0.15, -0.1) is 11.8 Å². The molecule has 0 amide bonds. The van der Waals surface area contributed by atoms with E-state index in [4.69, 9.17) is 9.47 Å². The Morgan fingerprint density at radius 1 is 1.18 bits per heavy atom. The van der Waals surface area contributed by atoms with E-state index in [0.29, 0.717) is 25.5 Å². The maximum atomic E-state index is 11.9. The second kappa shape index (κ2) is 6.86. The van der Waals surface area contributed by atoms with Gasteiger partial charge < -0.3 is 9.47 Å². The summed E-state index contributed by atoms with van der Waals surface area (Å²) in [5.74, 6) is -0.381. The van der Waals surface area contributed by atoms with Crippen molar-refractivity contribution in [3.8, 4) is 0 Å². The highest BCUT2D eigenvalue weighted by Crippen LogP contribution is 2.30. The largest absolute Gasteiger partial charge is 0.463 e. The van der Waals surface area contributed by atoms with Crippen LogP contribution in [0.3, 0.4) is 0 Å². The summed E-state index contributed by atoms with van der Waals surface area (Å²) in [4.78, 5) is 22.5. The van der Waals surface area contributed by atoms with Crippen molar-refractivity contribution in [2.75, 3.05) is 25.5 Å². The summed E-state index contributed by atoms with van der Waals surface area (Å²) in [6, 6.07) is 0. The maximum Gasteiger partial charge on any atom is 0.348 e.